The lowest BCUT2D eigenvalue weighted by Gasteiger charge is -2.04. The van der Waals surface area contributed by atoms with Crippen LogP contribution in [0.3, 0.4) is 0 Å². The van der Waals surface area contributed by atoms with Crippen LogP contribution >= 0.6 is 11.3 Å². The van der Waals surface area contributed by atoms with E-state index in [2.05, 4.69) is 43.8 Å². The number of fused-ring (bicyclic) bond motifs is 1. The van der Waals surface area contributed by atoms with Crippen molar-refractivity contribution in [3.05, 3.63) is 66.6 Å². The molecule has 6 heteroatoms. The van der Waals surface area contributed by atoms with Gasteiger partial charge in [-0.25, -0.2) is 9.97 Å². The molecule has 1 aromatic carbocycles. The van der Waals surface area contributed by atoms with E-state index in [4.69, 9.17) is 0 Å². The van der Waals surface area contributed by atoms with Gasteiger partial charge in [0, 0.05) is 25.1 Å². The molecule has 3 aromatic heterocycles. The van der Waals surface area contributed by atoms with E-state index in [0.717, 1.165) is 33.3 Å². The van der Waals surface area contributed by atoms with Gasteiger partial charge in [0.25, 0.3) is 0 Å². The molecule has 0 aliphatic carbocycles. The summed E-state index contributed by atoms with van der Waals surface area (Å²) < 4.78 is 1.14. The zero-order valence-electron chi connectivity index (χ0n) is 13.7. The predicted octanol–water partition coefficient (Wildman–Crippen LogP) is 4.22. The second-order valence-electron chi connectivity index (χ2n) is 5.64. The first-order valence-electron chi connectivity index (χ1n) is 7.99. The van der Waals surface area contributed by atoms with Crippen molar-refractivity contribution in [2.45, 2.75) is 6.54 Å². The molecule has 4 rings (SSSR count). The molecule has 0 atom stereocenters. The maximum absolute atomic E-state index is 4.66. The van der Waals surface area contributed by atoms with E-state index in [-0.39, 0.29) is 0 Å². The summed E-state index contributed by atoms with van der Waals surface area (Å²) in [6, 6.07) is 14.4. The quantitative estimate of drug-likeness (QED) is 0.566. The fourth-order valence-electron chi connectivity index (χ4n) is 2.67. The highest BCUT2D eigenvalue weighted by molar-refractivity contribution is 7.22. The van der Waals surface area contributed by atoms with Gasteiger partial charge in [-0.2, -0.15) is 0 Å². The average Bonchev–Trinajstić information content (AvgIpc) is 3.04. The van der Waals surface area contributed by atoms with E-state index in [1.54, 1.807) is 11.3 Å². The average molecular weight is 347 g/mol. The van der Waals surface area contributed by atoms with Crippen LogP contribution in [-0.2, 0) is 6.54 Å². The van der Waals surface area contributed by atoms with Crippen LogP contribution in [0.2, 0.25) is 0 Å². The highest BCUT2D eigenvalue weighted by atomic mass is 32.1. The Morgan fingerprint density at radius 2 is 1.84 bits per heavy atom. The summed E-state index contributed by atoms with van der Waals surface area (Å²) in [5.41, 5.74) is 4.48. The predicted molar refractivity (Wildman–Crippen MR) is 103 cm³/mol. The Morgan fingerprint density at radius 3 is 2.68 bits per heavy atom. The number of hydrogen-bond acceptors (Lipinski definition) is 6. The van der Waals surface area contributed by atoms with Crippen molar-refractivity contribution in [2.24, 2.45) is 0 Å². The summed E-state index contributed by atoms with van der Waals surface area (Å²) in [5.74, 6) is 0.807. The second kappa shape index (κ2) is 6.96. The molecule has 0 spiro atoms. The standard InChI is InChI=1S/C19H17N5S/c1-20-12-13-4-9-22-18(10-13)24-19-23-16-3-2-15(11-17(16)25-19)14-5-7-21-8-6-14/h2-11,20H,12H2,1H3,(H,22,23,24). The molecular formula is C19H17N5S. The highest BCUT2D eigenvalue weighted by Gasteiger charge is 2.07. The Bertz CT molecular complexity index is 997. The van der Waals surface area contributed by atoms with Crippen LogP contribution in [0, 0.1) is 0 Å². The minimum Gasteiger partial charge on any atom is -0.316 e. The molecule has 124 valence electrons. The first-order valence-corrected chi connectivity index (χ1v) is 8.81. The first kappa shape index (κ1) is 15.7. The molecule has 0 amide bonds. The van der Waals surface area contributed by atoms with Gasteiger partial charge in [-0.15, -0.1) is 0 Å². The lowest BCUT2D eigenvalue weighted by Crippen LogP contribution is -2.05. The van der Waals surface area contributed by atoms with E-state index in [1.807, 2.05) is 49.9 Å². The maximum Gasteiger partial charge on any atom is 0.189 e. The molecule has 0 fully saturated rings. The number of aromatic nitrogens is 3. The number of thiazole rings is 1. The molecule has 0 saturated carbocycles. The lowest BCUT2D eigenvalue weighted by atomic mass is 10.1. The van der Waals surface area contributed by atoms with E-state index in [9.17, 15) is 0 Å². The van der Waals surface area contributed by atoms with E-state index in [1.165, 1.54) is 11.1 Å². The number of pyridine rings is 2. The summed E-state index contributed by atoms with van der Waals surface area (Å²) in [6.07, 6.45) is 5.43. The van der Waals surface area contributed by atoms with Gasteiger partial charge in [0.2, 0.25) is 0 Å². The van der Waals surface area contributed by atoms with Crippen molar-refractivity contribution in [3.8, 4) is 11.1 Å². The summed E-state index contributed by atoms with van der Waals surface area (Å²) in [7, 11) is 1.93. The van der Waals surface area contributed by atoms with Crippen LogP contribution in [0.25, 0.3) is 21.3 Å². The number of hydrogen-bond donors (Lipinski definition) is 2. The lowest BCUT2D eigenvalue weighted by molar-refractivity contribution is 0.816. The highest BCUT2D eigenvalue weighted by Crippen LogP contribution is 2.31. The molecule has 3 heterocycles. The molecule has 2 N–H and O–H groups in total. The smallest absolute Gasteiger partial charge is 0.189 e. The molecule has 5 nitrogen and oxygen atoms in total. The third-order valence-corrected chi connectivity index (χ3v) is 4.78. The monoisotopic (exact) mass is 347 g/mol. The Kier molecular flexibility index (Phi) is 4.37. The van der Waals surface area contributed by atoms with Crippen molar-refractivity contribution in [2.75, 3.05) is 12.4 Å². The van der Waals surface area contributed by atoms with Gasteiger partial charge in [-0.3, -0.25) is 4.98 Å². The topological polar surface area (TPSA) is 62.7 Å². The summed E-state index contributed by atoms with van der Waals surface area (Å²) in [4.78, 5) is 13.1. The van der Waals surface area contributed by atoms with Crippen LogP contribution in [0.4, 0.5) is 10.9 Å². The maximum atomic E-state index is 4.66. The Labute approximate surface area is 149 Å². The van der Waals surface area contributed by atoms with Gasteiger partial charge >= 0.3 is 0 Å². The van der Waals surface area contributed by atoms with Crippen molar-refractivity contribution in [1.29, 1.82) is 0 Å². The summed E-state index contributed by atoms with van der Waals surface area (Å²) in [5, 5.41) is 7.30. The van der Waals surface area contributed by atoms with E-state index >= 15 is 0 Å². The molecule has 0 saturated heterocycles. The van der Waals surface area contributed by atoms with Crippen molar-refractivity contribution in [3.63, 3.8) is 0 Å². The van der Waals surface area contributed by atoms with Crippen molar-refractivity contribution >= 4 is 32.5 Å². The van der Waals surface area contributed by atoms with Crippen LogP contribution in [0.5, 0.6) is 0 Å². The SMILES string of the molecule is CNCc1ccnc(Nc2nc3ccc(-c4ccncc4)cc3s2)c1. The van der Waals surface area contributed by atoms with Crippen LogP contribution in [0.1, 0.15) is 5.56 Å². The number of benzene rings is 1. The van der Waals surface area contributed by atoms with Gasteiger partial charge in [0.1, 0.15) is 5.82 Å². The molecule has 0 aliphatic rings. The minimum absolute atomic E-state index is 0.807. The summed E-state index contributed by atoms with van der Waals surface area (Å²) >= 11 is 1.63. The van der Waals surface area contributed by atoms with Gasteiger partial charge in [-0.1, -0.05) is 17.4 Å². The number of rotatable bonds is 5. The van der Waals surface area contributed by atoms with Gasteiger partial charge in [-0.05, 0) is 60.1 Å². The zero-order valence-corrected chi connectivity index (χ0v) is 14.5. The summed E-state index contributed by atoms with van der Waals surface area (Å²) in [6.45, 7) is 0.812. The molecular weight excluding hydrogens is 330 g/mol. The zero-order chi connectivity index (χ0) is 17.1. The molecule has 0 aliphatic heterocycles. The third-order valence-electron chi connectivity index (χ3n) is 3.84. The number of anilines is 2. The van der Waals surface area contributed by atoms with Crippen LogP contribution < -0.4 is 10.6 Å². The first-order chi connectivity index (χ1) is 12.3. The van der Waals surface area contributed by atoms with Gasteiger partial charge in [0.15, 0.2) is 5.13 Å². The molecule has 4 aromatic rings. The second-order valence-corrected chi connectivity index (χ2v) is 6.67. The van der Waals surface area contributed by atoms with Gasteiger partial charge < -0.3 is 10.6 Å². The largest absolute Gasteiger partial charge is 0.316 e. The van der Waals surface area contributed by atoms with Gasteiger partial charge in [0.05, 0.1) is 10.2 Å². The van der Waals surface area contributed by atoms with Crippen molar-refractivity contribution in [1.82, 2.24) is 20.3 Å². The molecule has 0 bridgehead atoms. The number of nitrogens with one attached hydrogen (secondary N) is 2. The molecule has 0 unspecified atom stereocenters. The molecule has 25 heavy (non-hydrogen) atoms. The fourth-order valence-corrected chi connectivity index (χ4v) is 3.58. The third kappa shape index (κ3) is 3.50. The van der Waals surface area contributed by atoms with Crippen LogP contribution in [-0.4, -0.2) is 22.0 Å². The number of nitrogens with zero attached hydrogens (tertiary/aromatic N) is 3. The molecule has 0 radical (unpaired) electrons. The fraction of sp³-hybridized carbons (Fsp3) is 0.105. The Hall–Kier alpha value is -2.83. The Morgan fingerprint density at radius 1 is 0.960 bits per heavy atom. The van der Waals surface area contributed by atoms with Crippen LogP contribution in [0.15, 0.2) is 61.1 Å². The van der Waals surface area contributed by atoms with Crippen molar-refractivity contribution < 1.29 is 0 Å². The van der Waals surface area contributed by atoms with E-state index < -0.39 is 0 Å². The van der Waals surface area contributed by atoms with E-state index in [0.29, 0.717) is 0 Å². The Balaban J connectivity index is 1.62. The normalized spacial score (nSPS) is 10.9. The minimum atomic E-state index is 0.807.